The number of pyridine rings is 1. The van der Waals surface area contributed by atoms with Gasteiger partial charge in [-0.15, -0.1) is 0 Å². The third-order valence-electron chi connectivity index (χ3n) is 3.05. The number of anilines is 2. The first-order valence-corrected chi connectivity index (χ1v) is 7.19. The van der Waals surface area contributed by atoms with Crippen molar-refractivity contribution < 1.29 is 4.79 Å². The maximum absolute atomic E-state index is 12.1. The number of carbonyl (C=O) groups is 1. The van der Waals surface area contributed by atoms with E-state index in [1.165, 1.54) is 12.3 Å². The number of hydrogen-bond donors (Lipinski definition) is 1. The predicted octanol–water partition coefficient (Wildman–Crippen LogP) is 3.35. The van der Waals surface area contributed by atoms with Crippen molar-refractivity contribution in [3.63, 3.8) is 0 Å². The summed E-state index contributed by atoms with van der Waals surface area (Å²) in [6.45, 7) is 0. The Morgan fingerprint density at radius 2 is 1.96 bits per heavy atom. The Morgan fingerprint density at radius 1 is 1.26 bits per heavy atom. The molecule has 6 heteroatoms. The Bertz CT molecular complexity index is 759. The fourth-order valence-electron chi connectivity index (χ4n) is 1.82. The van der Waals surface area contributed by atoms with Crippen molar-refractivity contribution in [3.05, 3.63) is 58.8 Å². The van der Waals surface area contributed by atoms with Crippen LogP contribution >= 0.6 is 11.6 Å². The number of halogens is 1. The van der Waals surface area contributed by atoms with E-state index in [2.05, 4.69) is 10.3 Å². The quantitative estimate of drug-likeness (QED) is 0.691. The van der Waals surface area contributed by atoms with E-state index in [-0.39, 0.29) is 5.57 Å². The lowest BCUT2D eigenvalue weighted by Gasteiger charge is -2.11. The number of hydrogen-bond acceptors (Lipinski definition) is 4. The van der Waals surface area contributed by atoms with Gasteiger partial charge < -0.3 is 10.2 Å². The van der Waals surface area contributed by atoms with Gasteiger partial charge in [0.2, 0.25) is 0 Å². The highest BCUT2D eigenvalue weighted by Crippen LogP contribution is 2.15. The summed E-state index contributed by atoms with van der Waals surface area (Å²) in [4.78, 5) is 18.1. The Balaban J connectivity index is 2.16. The molecule has 1 aromatic carbocycles. The van der Waals surface area contributed by atoms with Crippen LogP contribution in [0.25, 0.3) is 6.08 Å². The SMILES string of the molecule is CN(C)c1ccc(/C=C(\C#N)C(=O)Nc2ccc(Cl)cn2)cc1. The van der Waals surface area contributed by atoms with Crippen LogP contribution in [0, 0.1) is 11.3 Å². The normalized spacial score (nSPS) is 10.8. The van der Waals surface area contributed by atoms with Crippen molar-refractivity contribution in [1.82, 2.24) is 4.98 Å². The maximum atomic E-state index is 12.1. The first kappa shape index (κ1) is 16.5. The summed E-state index contributed by atoms with van der Waals surface area (Å²) in [7, 11) is 3.89. The lowest BCUT2D eigenvalue weighted by atomic mass is 10.1. The van der Waals surface area contributed by atoms with Crippen LogP contribution in [0.5, 0.6) is 0 Å². The van der Waals surface area contributed by atoms with Gasteiger partial charge in [0.1, 0.15) is 17.5 Å². The summed E-state index contributed by atoms with van der Waals surface area (Å²) in [5, 5.41) is 12.2. The summed E-state index contributed by atoms with van der Waals surface area (Å²) in [6.07, 6.45) is 2.96. The molecule has 0 saturated heterocycles. The monoisotopic (exact) mass is 326 g/mol. The van der Waals surface area contributed by atoms with E-state index < -0.39 is 5.91 Å². The first-order chi connectivity index (χ1) is 11.0. The summed E-state index contributed by atoms with van der Waals surface area (Å²) >= 11 is 5.74. The Labute approximate surface area is 139 Å². The van der Waals surface area contributed by atoms with Gasteiger partial charge >= 0.3 is 0 Å². The molecule has 0 atom stereocenters. The molecular weight excluding hydrogens is 312 g/mol. The van der Waals surface area contributed by atoms with E-state index in [0.717, 1.165) is 11.3 Å². The number of carbonyl (C=O) groups excluding carboxylic acids is 1. The average molecular weight is 327 g/mol. The van der Waals surface area contributed by atoms with Crippen LogP contribution < -0.4 is 10.2 Å². The highest BCUT2D eigenvalue weighted by molar-refractivity contribution is 6.30. The zero-order valence-corrected chi connectivity index (χ0v) is 13.5. The van der Waals surface area contributed by atoms with E-state index in [1.54, 1.807) is 12.1 Å². The summed E-state index contributed by atoms with van der Waals surface area (Å²) in [6, 6.07) is 12.6. The molecule has 0 fully saturated rings. The summed E-state index contributed by atoms with van der Waals surface area (Å²) in [5.41, 5.74) is 1.81. The zero-order valence-electron chi connectivity index (χ0n) is 12.7. The minimum absolute atomic E-state index is 0.000599. The van der Waals surface area contributed by atoms with Crippen molar-refractivity contribution in [1.29, 1.82) is 5.26 Å². The van der Waals surface area contributed by atoms with Gasteiger partial charge in [-0.05, 0) is 35.9 Å². The van der Waals surface area contributed by atoms with Gasteiger partial charge in [-0.2, -0.15) is 5.26 Å². The second-order valence-electron chi connectivity index (χ2n) is 4.97. The van der Waals surface area contributed by atoms with Crippen LogP contribution in [0.1, 0.15) is 5.56 Å². The molecular formula is C17H15ClN4O. The third kappa shape index (κ3) is 4.56. The molecule has 1 amide bonds. The number of nitrogens with one attached hydrogen (secondary N) is 1. The van der Waals surface area contributed by atoms with E-state index in [1.807, 2.05) is 49.3 Å². The lowest BCUT2D eigenvalue weighted by molar-refractivity contribution is -0.112. The van der Waals surface area contributed by atoms with E-state index >= 15 is 0 Å². The van der Waals surface area contributed by atoms with Gasteiger partial charge in [0, 0.05) is 26.0 Å². The van der Waals surface area contributed by atoms with Crippen LogP contribution in [0.3, 0.4) is 0 Å². The van der Waals surface area contributed by atoms with Crippen molar-refractivity contribution >= 4 is 35.1 Å². The second-order valence-corrected chi connectivity index (χ2v) is 5.41. The third-order valence-corrected chi connectivity index (χ3v) is 3.28. The van der Waals surface area contributed by atoms with E-state index in [4.69, 9.17) is 11.6 Å². The molecule has 1 heterocycles. The van der Waals surface area contributed by atoms with Crippen LogP contribution in [0.2, 0.25) is 5.02 Å². The number of benzene rings is 1. The minimum Gasteiger partial charge on any atom is -0.378 e. The number of rotatable bonds is 4. The molecule has 0 aliphatic carbocycles. The van der Waals surface area contributed by atoms with Crippen molar-refractivity contribution in [2.45, 2.75) is 0 Å². The fourth-order valence-corrected chi connectivity index (χ4v) is 1.93. The molecule has 116 valence electrons. The van der Waals surface area contributed by atoms with Crippen molar-refractivity contribution in [2.75, 3.05) is 24.3 Å². The highest BCUT2D eigenvalue weighted by Gasteiger charge is 2.10. The van der Waals surface area contributed by atoms with Gasteiger partial charge in [0.15, 0.2) is 0 Å². The molecule has 0 spiro atoms. The van der Waals surface area contributed by atoms with Gasteiger partial charge in [0.05, 0.1) is 5.02 Å². The molecule has 0 saturated carbocycles. The average Bonchev–Trinajstić information content (AvgIpc) is 2.55. The van der Waals surface area contributed by atoms with Crippen molar-refractivity contribution in [2.24, 2.45) is 0 Å². The lowest BCUT2D eigenvalue weighted by Crippen LogP contribution is -2.14. The van der Waals surface area contributed by atoms with Crippen LogP contribution in [-0.2, 0) is 4.79 Å². The molecule has 1 N–H and O–H groups in total. The Kier molecular flexibility index (Phi) is 5.34. The van der Waals surface area contributed by atoms with Crippen LogP contribution in [-0.4, -0.2) is 25.0 Å². The molecule has 5 nitrogen and oxygen atoms in total. The molecule has 0 bridgehead atoms. The van der Waals surface area contributed by atoms with Crippen LogP contribution in [0.4, 0.5) is 11.5 Å². The van der Waals surface area contributed by atoms with Gasteiger partial charge in [0.25, 0.3) is 5.91 Å². The second kappa shape index (κ2) is 7.43. The van der Waals surface area contributed by atoms with Gasteiger partial charge in [-0.3, -0.25) is 4.79 Å². The molecule has 0 aliphatic heterocycles. The number of aromatic nitrogens is 1. The molecule has 2 aromatic rings. The van der Waals surface area contributed by atoms with Gasteiger partial charge in [-0.1, -0.05) is 23.7 Å². The van der Waals surface area contributed by atoms with Crippen molar-refractivity contribution in [3.8, 4) is 6.07 Å². The van der Waals surface area contributed by atoms with E-state index in [0.29, 0.717) is 10.8 Å². The predicted molar refractivity (Wildman–Crippen MR) is 92.2 cm³/mol. The maximum Gasteiger partial charge on any atom is 0.267 e. The molecule has 23 heavy (non-hydrogen) atoms. The van der Waals surface area contributed by atoms with Gasteiger partial charge in [-0.25, -0.2) is 4.98 Å². The largest absolute Gasteiger partial charge is 0.378 e. The molecule has 0 aliphatic rings. The summed E-state index contributed by atoms with van der Waals surface area (Å²) < 4.78 is 0. The standard InChI is InChI=1S/C17H15ClN4O/c1-22(2)15-6-3-12(4-7-15)9-13(10-19)17(23)21-16-8-5-14(18)11-20-16/h3-9,11H,1-2H3,(H,20,21,23)/b13-9+. The van der Waals surface area contributed by atoms with Crippen LogP contribution in [0.15, 0.2) is 48.2 Å². The fraction of sp³-hybridized carbons (Fsp3) is 0.118. The Morgan fingerprint density at radius 3 is 2.48 bits per heavy atom. The number of nitriles is 1. The molecule has 0 unspecified atom stereocenters. The molecule has 0 radical (unpaired) electrons. The number of amides is 1. The summed E-state index contributed by atoms with van der Waals surface area (Å²) in [5.74, 6) is -0.178. The zero-order chi connectivity index (χ0) is 16.8. The first-order valence-electron chi connectivity index (χ1n) is 6.81. The topological polar surface area (TPSA) is 69.0 Å². The number of nitrogens with zero attached hydrogens (tertiary/aromatic N) is 3. The van der Waals surface area contributed by atoms with E-state index in [9.17, 15) is 10.1 Å². The molecule has 2 rings (SSSR count). The Hall–Kier alpha value is -2.84. The smallest absolute Gasteiger partial charge is 0.267 e. The minimum atomic E-state index is -0.515. The highest BCUT2D eigenvalue weighted by atomic mass is 35.5. The molecule has 1 aromatic heterocycles.